The Morgan fingerprint density at radius 1 is 1.25 bits per heavy atom. The summed E-state index contributed by atoms with van der Waals surface area (Å²) in [6, 6.07) is 6.75. The highest BCUT2D eigenvalue weighted by atomic mass is 19.1. The number of carbonyl (C=O) groups excluding carboxylic acids is 2. The quantitative estimate of drug-likeness (QED) is 0.657. The van der Waals surface area contributed by atoms with E-state index in [1.54, 1.807) is 30.3 Å². The number of halogens is 1. The molecule has 4 nitrogen and oxygen atoms in total. The van der Waals surface area contributed by atoms with E-state index in [1.807, 2.05) is 0 Å². The Morgan fingerprint density at radius 3 is 2.50 bits per heavy atom. The first kappa shape index (κ1) is 13.0. The van der Waals surface area contributed by atoms with Crippen LogP contribution >= 0.6 is 0 Å². The molecule has 2 aliphatic heterocycles. The van der Waals surface area contributed by atoms with Gasteiger partial charge in [-0.25, -0.2) is 4.39 Å². The molecule has 1 saturated heterocycles. The number of benzene rings is 1. The minimum absolute atomic E-state index is 0.141. The molecule has 104 valence electrons. The maximum Gasteiger partial charge on any atom is 0.261 e. The van der Waals surface area contributed by atoms with Gasteiger partial charge in [-0.2, -0.15) is 0 Å². The molecule has 1 unspecified atom stereocenters. The van der Waals surface area contributed by atoms with Gasteiger partial charge in [0.1, 0.15) is 6.17 Å². The number of piperidine rings is 1. The monoisotopic (exact) mass is 274 g/mol. The summed E-state index contributed by atoms with van der Waals surface area (Å²) in [6.45, 7) is 1.17. The second-order valence-corrected chi connectivity index (χ2v) is 4.97. The number of hydrogen-bond acceptors (Lipinski definition) is 3. The van der Waals surface area contributed by atoms with E-state index in [-0.39, 0.29) is 18.4 Å². The lowest BCUT2D eigenvalue weighted by molar-refractivity contribution is 0.0671. The Labute approximate surface area is 116 Å². The molecule has 0 aromatic heterocycles. The van der Waals surface area contributed by atoms with Crippen molar-refractivity contribution in [2.24, 2.45) is 0 Å². The topological polar surface area (TPSA) is 49.4 Å². The molecular weight excluding hydrogens is 259 g/mol. The van der Waals surface area contributed by atoms with Crippen LogP contribution in [0.25, 0.3) is 0 Å². The molecule has 5 heteroatoms. The van der Waals surface area contributed by atoms with Crippen molar-refractivity contribution in [3.8, 4) is 0 Å². The van der Waals surface area contributed by atoms with E-state index in [2.05, 4.69) is 5.32 Å². The van der Waals surface area contributed by atoms with E-state index < -0.39 is 6.17 Å². The molecule has 1 atom stereocenters. The zero-order valence-electron chi connectivity index (χ0n) is 10.9. The summed E-state index contributed by atoms with van der Waals surface area (Å²) in [4.78, 5) is 25.4. The van der Waals surface area contributed by atoms with Crippen LogP contribution in [0.3, 0.4) is 0 Å². The minimum Gasteiger partial charge on any atom is -0.313 e. The van der Waals surface area contributed by atoms with Crippen LogP contribution in [-0.4, -0.2) is 42.5 Å². The predicted molar refractivity (Wildman–Crippen MR) is 72.3 cm³/mol. The Bertz CT molecular complexity index is 562. The SMILES string of the molecule is O=C1c2ccccc2C(=O)N1CC=C1CCNCC1F. The van der Waals surface area contributed by atoms with Crippen LogP contribution in [0.4, 0.5) is 4.39 Å². The van der Waals surface area contributed by atoms with Crippen molar-refractivity contribution in [3.63, 3.8) is 0 Å². The lowest BCUT2D eigenvalue weighted by Crippen LogP contribution is -2.34. The highest BCUT2D eigenvalue weighted by Crippen LogP contribution is 2.23. The smallest absolute Gasteiger partial charge is 0.261 e. The first-order valence-electron chi connectivity index (χ1n) is 6.67. The van der Waals surface area contributed by atoms with Crippen LogP contribution in [0.1, 0.15) is 27.1 Å². The van der Waals surface area contributed by atoms with Gasteiger partial charge in [0.15, 0.2) is 0 Å². The molecule has 1 aromatic rings. The fourth-order valence-corrected chi connectivity index (χ4v) is 2.59. The molecule has 1 aromatic carbocycles. The Morgan fingerprint density at radius 2 is 1.90 bits per heavy atom. The number of carbonyl (C=O) groups is 2. The standard InChI is InChI=1S/C15H15FN2O2/c16-13-9-17-7-5-10(13)6-8-18-14(19)11-3-1-2-4-12(11)15(18)20/h1-4,6,13,17H,5,7-9H2. The van der Waals surface area contributed by atoms with Gasteiger partial charge in [0.05, 0.1) is 11.1 Å². The molecule has 0 spiro atoms. The third-order valence-corrected chi connectivity index (χ3v) is 3.73. The second kappa shape index (κ2) is 5.17. The maximum absolute atomic E-state index is 13.7. The Kier molecular flexibility index (Phi) is 3.36. The van der Waals surface area contributed by atoms with Gasteiger partial charge in [0, 0.05) is 13.1 Å². The molecule has 0 bridgehead atoms. The number of amides is 2. The van der Waals surface area contributed by atoms with Gasteiger partial charge in [-0.1, -0.05) is 18.2 Å². The molecular formula is C15H15FN2O2. The Balaban J connectivity index is 1.78. The molecule has 2 heterocycles. The number of fused-ring (bicyclic) bond motifs is 1. The summed E-state index contributed by atoms with van der Waals surface area (Å²) in [5, 5.41) is 2.96. The third-order valence-electron chi connectivity index (χ3n) is 3.73. The van der Waals surface area contributed by atoms with Gasteiger partial charge in [-0.15, -0.1) is 0 Å². The molecule has 20 heavy (non-hydrogen) atoms. The number of nitrogens with zero attached hydrogens (tertiary/aromatic N) is 1. The van der Waals surface area contributed by atoms with Crippen LogP contribution in [0.2, 0.25) is 0 Å². The van der Waals surface area contributed by atoms with Gasteiger partial charge < -0.3 is 5.32 Å². The number of rotatable bonds is 2. The normalized spacial score (nSPS) is 24.4. The van der Waals surface area contributed by atoms with E-state index in [0.29, 0.717) is 29.7 Å². The number of imide groups is 1. The van der Waals surface area contributed by atoms with Crippen molar-refractivity contribution in [2.75, 3.05) is 19.6 Å². The lowest BCUT2D eigenvalue weighted by atomic mass is 10.0. The van der Waals surface area contributed by atoms with E-state index in [9.17, 15) is 14.0 Å². The van der Waals surface area contributed by atoms with Gasteiger partial charge in [0.2, 0.25) is 0 Å². The van der Waals surface area contributed by atoms with Gasteiger partial charge in [0.25, 0.3) is 11.8 Å². The molecule has 1 fully saturated rings. The van der Waals surface area contributed by atoms with Crippen molar-refractivity contribution >= 4 is 11.8 Å². The van der Waals surface area contributed by atoms with E-state index in [4.69, 9.17) is 0 Å². The number of alkyl halides is 1. The van der Waals surface area contributed by atoms with Gasteiger partial charge in [-0.05, 0) is 30.7 Å². The maximum atomic E-state index is 13.7. The van der Waals surface area contributed by atoms with Crippen LogP contribution in [0.5, 0.6) is 0 Å². The van der Waals surface area contributed by atoms with Crippen LogP contribution in [0.15, 0.2) is 35.9 Å². The van der Waals surface area contributed by atoms with Gasteiger partial charge >= 0.3 is 0 Å². The van der Waals surface area contributed by atoms with Crippen molar-refractivity contribution in [3.05, 3.63) is 47.0 Å². The average Bonchev–Trinajstić information content (AvgIpc) is 2.71. The highest BCUT2D eigenvalue weighted by Gasteiger charge is 2.34. The fourth-order valence-electron chi connectivity index (χ4n) is 2.59. The van der Waals surface area contributed by atoms with E-state index in [0.717, 1.165) is 6.54 Å². The second-order valence-electron chi connectivity index (χ2n) is 4.97. The Hall–Kier alpha value is -2.01. The van der Waals surface area contributed by atoms with Crippen molar-refractivity contribution in [1.82, 2.24) is 10.2 Å². The van der Waals surface area contributed by atoms with Crippen molar-refractivity contribution in [2.45, 2.75) is 12.6 Å². The summed E-state index contributed by atoms with van der Waals surface area (Å²) < 4.78 is 13.7. The highest BCUT2D eigenvalue weighted by molar-refractivity contribution is 6.21. The molecule has 0 aliphatic carbocycles. The van der Waals surface area contributed by atoms with Crippen LogP contribution in [-0.2, 0) is 0 Å². The van der Waals surface area contributed by atoms with Gasteiger partial charge in [-0.3, -0.25) is 14.5 Å². The molecule has 0 radical (unpaired) electrons. The summed E-state index contributed by atoms with van der Waals surface area (Å²) >= 11 is 0. The van der Waals surface area contributed by atoms with E-state index >= 15 is 0 Å². The predicted octanol–water partition coefficient (Wildman–Crippen LogP) is 1.54. The largest absolute Gasteiger partial charge is 0.313 e. The molecule has 3 rings (SSSR count). The van der Waals surface area contributed by atoms with Crippen LogP contribution < -0.4 is 5.32 Å². The number of hydrogen-bond donors (Lipinski definition) is 1. The fraction of sp³-hybridized carbons (Fsp3) is 0.333. The summed E-state index contributed by atoms with van der Waals surface area (Å²) in [7, 11) is 0. The van der Waals surface area contributed by atoms with E-state index in [1.165, 1.54) is 4.90 Å². The zero-order chi connectivity index (χ0) is 14.1. The summed E-state index contributed by atoms with van der Waals surface area (Å²) in [5.41, 5.74) is 1.52. The number of nitrogens with one attached hydrogen (secondary N) is 1. The molecule has 0 saturated carbocycles. The molecule has 1 N–H and O–H groups in total. The first-order valence-corrected chi connectivity index (χ1v) is 6.67. The first-order chi connectivity index (χ1) is 9.68. The lowest BCUT2D eigenvalue weighted by Gasteiger charge is -2.21. The minimum atomic E-state index is -1.03. The molecule has 2 aliphatic rings. The molecule has 2 amide bonds. The third kappa shape index (κ3) is 2.14. The summed E-state index contributed by atoms with van der Waals surface area (Å²) in [6.07, 6.45) is 1.26. The van der Waals surface area contributed by atoms with Crippen molar-refractivity contribution in [1.29, 1.82) is 0 Å². The van der Waals surface area contributed by atoms with Crippen molar-refractivity contribution < 1.29 is 14.0 Å². The van der Waals surface area contributed by atoms with Crippen LogP contribution in [0, 0.1) is 0 Å². The average molecular weight is 274 g/mol. The summed E-state index contributed by atoms with van der Waals surface area (Å²) in [5.74, 6) is -0.599. The zero-order valence-corrected chi connectivity index (χ0v) is 10.9.